The van der Waals surface area contributed by atoms with Gasteiger partial charge in [0.05, 0.1) is 17.6 Å². The van der Waals surface area contributed by atoms with Crippen molar-refractivity contribution in [3.63, 3.8) is 0 Å². The van der Waals surface area contributed by atoms with E-state index in [1.165, 1.54) is 0 Å². The molecule has 0 spiro atoms. The zero-order valence-electron chi connectivity index (χ0n) is 9.94. The molecule has 1 atom stereocenters. The Bertz CT molecular complexity index is 468. The zero-order chi connectivity index (χ0) is 13.5. The summed E-state index contributed by atoms with van der Waals surface area (Å²) in [4.78, 5) is 11.6. The second-order valence-corrected chi connectivity index (χ2v) is 4.46. The van der Waals surface area contributed by atoms with Crippen molar-refractivity contribution in [1.29, 1.82) is 0 Å². The van der Waals surface area contributed by atoms with Crippen LogP contribution in [-0.4, -0.2) is 23.7 Å². The highest BCUT2D eigenvalue weighted by Gasteiger charge is 2.15. The van der Waals surface area contributed by atoms with E-state index in [2.05, 4.69) is 27.2 Å². The number of benzene rings is 1. The molecule has 1 unspecified atom stereocenters. The maximum Gasteiger partial charge on any atom is 0.261 e. The van der Waals surface area contributed by atoms with Gasteiger partial charge in [-0.25, -0.2) is 0 Å². The van der Waals surface area contributed by atoms with Gasteiger partial charge in [-0.15, -0.1) is 6.42 Å². The van der Waals surface area contributed by atoms with Gasteiger partial charge in [0.2, 0.25) is 0 Å². The van der Waals surface area contributed by atoms with E-state index in [1.807, 2.05) is 0 Å². The van der Waals surface area contributed by atoms with Crippen LogP contribution in [0.1, 0.15) is 12.5 Å². The summed E-state index contributed by atoms with van der Waals surface area (Å²) in [5.74, 6) is 2.58. The van der Waals surface area contributed by atoms with Crippen LogP contribution in [-0.2, 0) is 11.4 Å². The second kappa shape index (κ2) is 7.04. The van der Waals surface area contributed by atoms with Gasteiger partial charge in [-0.2, -0.15) is 0 Å². The maximum atomic E-state index is 11.6. The highest BCUT2D eigenvalue weighted by molar-refractivity contribution is 9.10. The van der Waals surface area contributed by atoms with Crippen LogP contribution in [0.5, 0.6) is 5.75 Å². The summed E-state index contributed by atoms with van der Waals surface area (Å²) in [5, 5.41) is 11.5. The summed E-state index contributed by atoms with van der Waals surface area (Å²) < 4.78 is 6.18. The topological polar surface area (TPSA) is 58.6 Å². The molecular formula is C13H14BrNO3. The van der Waals surface area contributed by atoms with E-state index in [9.17, 15) is 4.79 Å². The minimum Gasteiger partial charge on any atom is -0.480 e. The molecule has 0 heterocycles. The minimum atomic E-state index is -0.644. The Kier molecular flexibility index (Phi) is 5.69. The number of nitrogens with one attached hydrogen (secondary N) is 1. The molecule has 0 saturated heterocycles. The molecule has 18 heavy (non-hydrogen) atoms. The van der Waals surface area contributed by atoms with Crippen LogP contribution in [0.3, 0.4) is 0 Å². The smallest absolute Gasteiger partial charge is 0.261 e. The Balaban J connectivity index is 2.67. The van der Waals surface area contributed by atoms with Crippen LogP contribution in [0.25, 0.3) is 0 Å². The first-order valence-electron chi connectivity index (χ1n) is 5.35. The zero-order valence-corrected chi connectivity index (χ0v) is 11.5. The number of carbonyl (C=O) groups is 1. The predicted molar refractivity (Wildman–Crippen MR) is 72.0 cm³/mol. The molecule has 1 aromatic rings. The number of rotatable bonds is 5. The average molecular weight is 312 g/mol. The summed E-state index contributed by atoms with van der Waals surface area (Å²) >= 11 is 3.32. The SMILES string of the molecule is C#CCNC(=O)C(C)Oc1ccc(CO)cc1Br. The first-order chi connectivity index (χ1) is 8.58. The molecule has 1 aromatic carbocycles. The Hall–Kier alpha value is -1.51. The second-order valence-electron chi connectivity index (χ2n) is 3.60. The van der Waals surface area contributed by atoms with Crippen LogP contribution in [0.2, 0.25) is 0 Å². The van der Waals surface area contributed by atoms with Crippen molar-refractivity contribution in [1.82, 2.24) is 5.32 Å². The highest BCUT2D eigenvalue weighted by Crippen LogP contribution is 2.26. The van der Waals surface area contributed by atoms with E-state index < -0.39 is 6.10 Å². The van der Waals surface area contributed by atoms with Crippen LogP contribution < -0.4 is 10.1 Å². The molecule has 0 bridgehead atoms. The van der Waals surface area contributed by atoms with Crippen molar-refractivity contribution in [2.75, 3.05) is 6.54 Å². The van der Waals surface area contributed by atoms with Gasteiger partial charge in [0.15, 0.2) is 6.10 Å². The van der Waals surface area contributed by atoms with Gasteiger partial charge in [0, 0.05) is 0 Å². The predicted octanol–water partition coefficient (Wildman–Crippen LogP) is 1.46. The molecule has 0 aliphatic rings. The first kappa shape index (κ1) is 14.6. The van der Waals surface area contributed by atoms with E-state index >= 15 is 0 Å². The van der Waals surface area contributed by atoms with Gasteiger partial charge in [-0.3, -0.25) is 4.79 Å². The third-order valence-electron chi connectivity index (χ3n) is 2.22. The van der Waals surface area contributed by atoms with Crippen molar-refractivity contribution in [2.45, 2.75) is 19.6 Å². The molecule has 0 aliphatic heterocycles. The molecule has 0 fully saturated rings. The lowest BCUT2D eigenvalue weighted by atomic mass is 10.2. The number of hydrogen-bond acceptors (Lipinski definition) is 3. The molecule has 0 saturated carbocycles. The van der Waals surface area contributed by atoms with E-state index in [4.69, 9.17) is 16.3 Å². The van der Waals surface area contributed by atoms with Crippen molar-refractivity contribution in [3.05, 3.63) is 28.2 Å². The van der Waals surface area contributed by atoms with Crippen molar-refractivity contribution < 1.29 is 14.6 Å². The van der Waals surface area contributed by atoms with E-state index in [0.717, 1.165) is 5.56 Å². The average Bonchev–Trinajstić information content (AvgIpc) is 2.38. The molecule has 2 N–H and O–H groups in total. The summed E-state index contributed by atoms with van der Waals surface area (Å²) in [5.41, 5.74) is 0.763. The van der Waals surface area contributed by atoms with E-state index in [1.54, 1.807) is 25.1 Å². The fraction of sp³-hybridized carbons (Fsp3) is 0.308. The van der Waals surface area contributed by atoms with Gasteiger partial charge >= 0.3 is 0 Å². The standard InChI is InChI=1S/C13H14BrNO3/c1-3-6-15-13(17)9(2)18-12-5-4-10(8-16)7-11(12)14/h1,4-5,7,9,16H,6,8H2,2H3,(H,15,17). The number of amides is 1. The number of halogens is 1. The largest absolute Gasteiger partial charge is 0.480 e. The molecule has 1 amide bonds. The van der Waals surface area contributed by atoms with Crippen LogP contribution in [0.15, 0.2) is 22.7 Å². The Labute approximate surface area is 114 Å². The van der Waals surface area contributed by atoms with E-state index in [0.29, 0.717) is 10.2 Å². The van der Waals surface area contributed by atoms with Gasteiger partial charge in [-0.05, 0) is 40.5 Å². The Morgan fingerprint density at radius 3 is 2.94 bits per heavy atom. The van der Waals surface area contributed by atoms with Gasteiger partial charge in [-0.1, -0.05) is 12.0 Å². The minimum absolute atomic E-state index is 0.0446. The number of ether oxygens (including phenoxy) is 1. The summed E-state index contributed by atoms with van der Waals surface area (Å²) in [6, 6.07) is 5.16. The van der Waals surface area contributed by atoms with E-state index in [-0.39, 0.29) is 19.1 Å². The molecule has 0 aromatic heterocycles. The molecule has 4 nitrogen and oxygen atoms in total. The fourth-order valence-electron chi connectivity index (χ4n) is 1.26. The normalized spacial score (nSPS) is 11.4. The summed E-state index contributed by atoms with van der Waals surface area (Å²) in [7, 11) is 0. The maximum absolute atomic E-state index is 11.6. The van der Waals surface area contributed by atoms with Crippen LogP contribution in [0, 0.1) is 12.3 Å². The number of aliphatic hydroxyl groups excluding tert-OH is 1. The number of hydrogen-bond donors (Lipinski definition) is 2. The summed E-state index contributed by atoms with van der Waals surface area (Å²) in [6.45, 7) is 1.77. The Morgan fingerprint density at radius 1 is 1.67 bits per heavy atom. The molecule has 0 aliphatic carbocycles. The van der Waals surface area contributed by atoms with Crippen LogP contribution in [0.4, 0.5) is 0 Å². The van der Waals surface area contributed by atoms with Gasteiger partial charge in [0.1, 0.15) is 5.75 Å². The molecule has 96 valence electrons. The quantitative estimate of drug-likeness (QED) is 0.809. The molecular weight excluding hydrogens is 298 g/mol. The fourth-order valence-corrected chi connectivity index (χ4v) is 1.78. The summed E-state index contributed by atoms with van der Waals surface area (Å²) in [6.07, 6.45) is 4.41. The molecule has 5 heteroatoms. The van der Waals surface area contributed by atoms with Crippen molar-refractivity contribution in [2.24, 2.45) is 0 Å². The molecule has 1 rings (SSSR count). The lowest BCUT2D eigenvalue weighted by Crippen LogP contribution is -2.36. The third kappa shape index (κ3) is 4.06. The monoisotopic (exact) mass is 311 g/mol. The number of carbonyl (C=O) groups excluding carboxylic acids is 1. The lowest BCUT2D eigenvalue weighted by molar-refractivity contribution is -0.127. The highest BCUT2D eigenvalue weighted by atomic mass is 79.9. The lowest BCUT2D eigenvalue weighted by Gasteiger charge is -2.15. The Morgan fingerprint density at radius 2 is 2.39 bits per heavy atom. The third-order valence-corrected chi connectivity index (χ3v) is 2.84. The van der Waals surface area contributed by atoms with Gasteiger partial charge < -0.3 is 15.2 Å². The first-order valence-corrected chi connectivity index (χ1v) is 6.15. The van der Waals surface area contributed by atoms with Crippen LogP contribution >= 0.6 is 15.9 Å². The van der Waals surface area contributed by atoms with Gasteiger partial charge in [0.25, 0.3) is 5.91 Å². The van der Waals surface area contributed by atoms with Crippen molar-refractivity contribution >= 4 is 21.8 Å². The number of terminal acetylenes is 1. The number of aliphatic hydroxyl groups is 1. The van der Waals surface area contributed by atoms with Crippen molar-refractivity contribution in [3.8, 4) is 18.1 Å². The molecule has 0 radical (unpaired) electrons.